The molecule has 0 saturated carbocycles. The molecule has 0 aromatic heterocycles. The van der Waals surface area contributed by atoms with Gasteiger partial charge < -0.3 is 10.5 Å². The molecule has 0 aliphatic heterocycles. The first kappa shape index (κ1) is 12.7. The maximum atomic E-state index is 12.8. The van der Waals surface area contributed by atoms with Crippen molar-refractivity contribution in [1.82, 2.24) is 0 Å². The fourth-order valence-corrected chi connectivity index (χ4v) is 1.34. The van der Waals surface area contributed by atoms with Crippen LogP contribution in [0.5, 0.6) is 0 Å². The molecule has 0 spiro atoms. The zero-order chi connectivity index (χ0) is 12.1. The highest BCUT2D eigenvalue weighted by Gasteiger charge is 2.13. The number of hydrogen-bond donors (Lipinski definition) is 1. The molecule has 0 radical (unpaired) electrons. The standard InChI is InChI=1S/C11H13F2NO2/c1-16-6-10(14)5-11(15)7-2-8(12)4-9(13)3-7/h2-4,10H,5-6,14H2,1H3. The summed E-state index contributed by atoms with van der Waals surface area (Å²) in [5, 5.41) is 0. The number of Topliss-reactive ketones (excluding diaryl/α,β-unsaturated/α-hetero) is 1. The van der Waals surface area contributed by atoms with Gasteiger partial charge in [-0.15, -0.1) is 0 Å². The van der Waals surface area contributed by atoms with Gasteiger partial charge in [-0.1, -0.05) is 0 Å². The number of ketones is 1. The van der Waals surface area contributed by atoms with Gasteiger partial charge in [0.2, 0.25) is 0 Å². The van der Waals surface area contributed by atoms with Gasteiger partial charge in [0, 0.05) is 31.2 Å². The van der Waals surface area contributed by atoms with Crippen molar-refractivity contribution < 1.29 is 18.3 Å². The van der Waals surface area contributed by atoms with Crippen molar-refractivity contribution in [3.63, 3.8) is 0 Å². The van der Waals surface area contributed by atoms with Crippen molar-refractivity contribution in [1.29, 1.82) is 0 Å². The smallest absolute Gasteiger partial charge is 0.164 e. The van der Waals surface area contributed by atoms with E-state index >= 15 is 0 Å². The van der Waals surface area contributed by atoms with Crippen molar-refractivity contribution in [2.24, 2.45) is 5.73 Å². The van der Waals surface area contributed by atoms with Gasteiger partial charge >= 0.3 is 0 Å². The number of carbonyl (C=O) groups excluding carboxylic acids is 1. The van der Waals surface area contributed by atoms with Crippen LogP contribution in [0, 0.1) is 11.6 Å². The molecular weight excluding hydrogens is 216 g/mol. The van der Waals surface area contributed by atoms with Crippen molar-refractivity contribution in [3.05, 3.63) is 35.4 Å². The first-order chi connectivity index (χ1) is 7.52. The van der Waals surface area contributed by atoms with Crippen LogP contribution in [0.1, 0.15) is 16.8 Å². The molecule has 0 fully saturated rings. The number of carbonyl (C=O) groups is 1. The fraction of sp³-hybridized carbons (Fsp3) is 0.364. The number of hydrogen-bond acceptors (Lipinski definition) is 3. The lowest BCUT2D eigenvalue weighted by atomic mass is 10.0. The molecule has 1 aromatic rings. The lowest BCUT2D eigenvalue weighted by molar-refractivity contribution is 0.0948. The summed E-state index contributed by atoms with van der Waals surface area (Å²) >= 11 is 0. The molecule has 16 heavy (non-hydrogen) atoms. The topological polar surface area (TPSA) is 52.3 Å². The molecule has 2 N–H and O–H groups in total. The third-order valence-corrected chi connectivity index (χ3v) is 2.01. The molecule has 88 valence electrons. The van der Waals surface area contributed by atoms with E-state index in [1.165, 1.54) is 7.11 Å². The zero-order valence-corrected chi connectivity index (χ0v) is 8.87. The van der Waals surface area contributed by atoms with Crippen LogP contribution in [0.3, 0.4) is 0 Å². The molecule has 0 saturated heterocycles. The molecule has 5 heteroatoms. The maximum Gasteiger partial charge on any atom is 0.164 e. The van der Waals surface area contributed by atoms with Crippen LogP contribution >= 0.6 is 0 Å². The van der Waals surface area contributed by atoms with Gasteiger partial charge in [0.1, 0.15) is 11.6 Å². The summed E-state index contributed by atoms with van der Waals surface area (Å²) in [7, 11) is 1.46. The van der Waals surface area contributed by atoms with Crippen molar-refractivity contribution in [3.8, 4) is 0 Å². The number of rotatable bonds is 5. The largest absolute Gasteiger partial charge is 0.383 e. The third kappa shape index (κ3) is 3.67. The van der Waals surface area contributed by atoms with Gasteiger partial charge in [-0.25, -0.2) is 8.78 Å². The summed E-state index contributed by atoms with van der Waals surface area (Å²) in [4.78, 5) is 11.6. The molecule has 0 amide bonds. The quantitative estimate of drug-likeness (QED) is 0.779. The molecular formula is C11H13F2NO2. The average molecular weight is 229 g/mol. The SMILES string of the molecule is COCC(N)CC(=O)c1cc(F)cc(F)c1. The Morgan fingerprint density at radius 3 is 2.44 bits per heavy atom. The summed E-state index contributed by atoms with van der Waals surface area (Å²) in [6, 6.07) is 2.23. The number of benzene rings is 1. The van der Waals surface area contributed by atoms with Crippen LogP contribution in [0.25, 0.3) is 0 Å². The molecule has 1 unspecified atom stereocenters. The summed E-state index contributed by atoms with van der Waals surface area (Å²) in [6.07, 6.45) is -0.00324. The Morgan fingerprint density at radius 1 is 1.38 bits per heavy atom. The predicted octanol–water partition coefficient (Wildman–Crippen LogP) is 1.51. The minimum atomic E-state index is -0.774. The highest BCUT2D eigenvalue weighted by molar-refractivity contribution is 5.96. The van der Waals surface area contributed by atoms with Crippen LogP contribution in [0.2, 0.25) is 0 Å². The van der Waals surface area contributed by atoms with Gasteiger partial charge in [0.25, 0.3) is 0 Å². The summed E-state index contributed by atoms with van der Waals surface area (Å²) in [5.41, 5.74) is 5.56. The summed E-state index contributed by atoms with van der Waals surface area (Å²) in [5.74, 6) is -1.95. The first-order valence-electron chi connectivity index (χ1n) is 4.76. The minimum Gasteiger partial charge on any atom is -0.383 e. The van der Waals surface area contributed by atoms with Crippen molar-refractivity contribution >= 4 is 5.78 Å². The highest BCUT2D eigenvalue weighted by atomic mass is 19.1. The lowest BCUT2D eigenvalue weighted by Crippen LogP contribution is -2.28. The number of methoxy groups -OCH3 is 1. The molecule has 3 nitrogen and oxygen atoms in total. The summed E-state index contributed by atoms with van der Waals surface area (Å²) < 4.78 is 30.4. The molecule has 1 rings (SSSR count). The Morgan fingerprint density at radius 2 is 1.94 bits per heavy atom. The number of nitrogens with two attached hydrogens (primary N) is 1. The monoisotopic (exact) mass is 229 g/mol. The normalized spacial score (nSPS) is 12.5. The Kier molecular flexibility index (Phi) is 4.52. The Labute approximate surface area is 92.2 Å². The zero-order valence-electron chi connectivity index (χ0n) is 8.87. The molecule has 0 heterocycles. The van der Waals surface area contributed by atoms with E-state index in [1.807, 2.05) is 0 Å². The second-order valence-electron chi connectivity index (χ2n) is 3.50. The average Bonchev–Trinajstić information content (AvgIpc) is 2.16. The summed E-state index contributed by atoms with van der Waals surface area (Å²) in [6.45, 7) is 0.226. The molecule has 1 aromatic carbocycles. The van der Waals surface area contributed by atoms with Gasteiger partial charge in [-0.2, -0.15) is 0 Å². The minimum absolute atomic E-state index is 0.00324. The molecule has 1 atom stereocenters. The third-order valence-electron chi connectivity index (χ3n) is 2.01. The Hall–Kier alpha value is -1.33. The van der Waals surface area contributed by atoms with Crippen LogP contribution in [-0.4, -0.2) is 25.5 Å². The van der Waals surface area contributed by atoms with E-state index in [0.717, 1.165) is 12.1 Å². The number of ether oxygens (including phenoxy) is 1. The fourth-order valence-electron chi connectivity index (χ4n) is 1.34. The second kappa shape index (κ2) is 5.67. The van der Waals surface area contributed by atoms with E-state index < -0.39 is 23.5 Å². The Balaban J connectivity index is 2.72. The van der Waals surface area contributed by atoms with Crippen LogP contribution in [-0.2, 0) is 4.74 Å². The van der Waals surface area contributed by atoms with Crippen LogP contribution in [0.4, 0.5) is 8.78 Å². The molecule has 0 aliphatic carbocycles. The van der Waals surface area contributed by atoms with Crippen molar-refractivity contribution in [2.75, 3.05) is 13.7 Å². The van der Waals surface area contributed by atoms with Gasteiger partial charge in [0.05, 0.1) is 6.61 Å². The van der Waals surface area contributed by atoms with Gasteiger partial charge in [0.15, 0.2) is 5.78 Å². The van der Waals surface area contributed by atoms with E-state index in [-0.39, 0.29) is 18.6 Å². The van der Waals surface area contributed by atoms with Crippen LogP contribution < -0.4 is 5.73 Å². The number of halogens is 2. The van der Waals surface area contributed by atoms with Gasteiger partial charge in [-0.05, 0) is 12.1 Å². The van der Waals surface area contributed by atoms with Gasteiger partial charge in [-0.3, -0.25) is 4.79 Å². The predicted molar refractivity (Wildman–Crippen MR) is 55.2 cm³/mol. The van der Waals surface area contributed by atoms with E-state index in [0.29, 0.717) is 6.07 Å². The van der Waals surface area contributed by atoms with E-state index in [9.17, 15) is 13.6 Å². The highest BCUT2D eigenvalue weighted by Crippen LogP contribution is 2.10. The van der Waals surface area contributed by atoms with Crippen LogP contribution in [0.15, 0.2) is 18.2 Å². The lowest BCUT2D eigenvalue weighted by Gasteiger charge is -2.09. The molecule has 0 aliphatic rings. The van der Waals surface area contributed by atoms with Crippen molar-refractivity contribution in [2.45, 2.75) is 12.5 Å². The molecule has 0 bridgehead atoms. The van der Waals surface area contributed by atoms with E-state index in [2.05, 4.69) is 0 Å². The maximum absolute atomic E-state index is 12.8. The first-order valence-corrected chi connectivity index (χ1v) is 4.76. The van der Waals surface area contributed by atoms with E-state index in [4.69, 9.17) is 10.5 Å². The second-order valence-corrected chi connectivity index (χ2v) is 3.50. The van der Waals surface area contributed by atoms with E-state index in [1.54, 1.807) is 0 Å². The Bertz CT molecular complexity index is 362.